The van der Waals surface area contributed by atoms with Crippen molar-refractivity contribution in [2.45, 2.75) is 0 Å². The molecule has 0 saturated carbocycles. The Kier molecular flexibility index (Phi) is 4.15. The Labute approximate surface area is 196 Å². The molecule has 3 heteroatoms. The molecule has 0 aliphatic rings. The van der Waals surface area contributed by atoms with Crippen LogP contribution in [-0.4, -0.2) is 15.0 Å². The maximum Gasteiger partial charge on any atom is 0.0970 e. The normalized spacial score (nSPS) is 11.5. The molecule has 3 aromatic heterocycles. The Bertz CT molecular complexity index is 1870. The highest BCUT2D eigenvalue weighted by molar-refractivity contribution is 6.10. The summed E-state index contributed by atoms with van der Waals surface area (Å²) in [6, 6.07) is 36.1. The molecule has 3 heterocycles. The second-order valence-electron chi connectivity index (χ2n) is 8.57. The predicted molar refractivity (Wildman–Crippen MR) is 141 cm³/mol. The van der Waals surface area contributed by atoms with Gasteiger partial charge in [0.25, 0.3) is 0 Å². The minimum absolute atomic E-state index is 0.928. The molecule has 0 spiro atoms. The van der Waals surface area contributed by atoms with E-state index in [4.69, 9.17) is 4.98 Å². The van der Waals surface area contributed by atoms with Gasteiger partial charge in [0.05, 0.1) is 22.2 Å². The van der Waals surface area contributed by atoms with Gasteiger partial charge in [0.2, 0.25) is 0 Å². The van der Waals surface area contributed by atoms with Gasteiger partial charge in [-0.05, 0) is 64.4 Å². The van der Waals surface area contributed by atoms with Crippen LogP contribution in [0.3, 0.4) is 0 Å². The van der Waals surface area contributed by atoms with E-state index in [1.165, 1.54) is 10.8 Å². The van der Waals surface area contributed by atoms with Crippen LogP contribution in [0.15, 0.2) is 116 Å². The second kappa shape index (κ2) is 7.46. The van der Waals surface area contributed by atoms with Crippen molar-refractivity contribution in [2.24, 2.45) is 0 Å². The summed E-state index contributed by atoms with van der Waals surface area (Å²) in [5.41, 5.74) is 7.22. The van der Waals surface area contributed by atoms with Crippen LogP contribution in [0.5, 0.6) is 0 Å². The van der Waals surface area contributed by atoms with Crippen molar-refractivity contribution in [3.63, 3.8) is 0 Å². The average molecular weight is 434 g/mol. The standard InChI is InChI=1S/C31H19N3/c1-2-7-21-19-29-24(16-20(21)6-1)12-13-28(34-29)23-9-3-8-22(17-23)27-18-25-10-4-14-32-30(25)31-26(27)11-5-15-33-31/h1-19H. The quantitative estimate of drug-likeness (QED) is 0.206. The molecule has 0 atom stereocenters. The molecule has 0 amide bonds. The second-order valence-corrected chi connectivity index (χ2v) is 8.57. The van der Waals surface area contributed by atoms with Crippen LogP contribution in [0.1, 0.15) is 0 Å². The molecule has 0 unspecified atom stereocenters. The summed E-state index contributed by atoms with van der Waals surface area (Å²) in [6.45, 7) is 0. The zero-order valence-electron chi connectivity index (χ0n) is 18.3. The van der Waals surface area contributed by atoms with Gasteiger partial charge in [-0.15, -0.1) is 0 Å². The Hall–Kier alpha value is -4.63. The van der Waals surface area contributed by atoms with E-state index in [9.17, 15) is 0 Å². The van der Waals surface area contributed by atoms with E-state index >= 15 is 0 Å². The average Bonchev–Trinajstić information content (AvgIpc) is 2.91. The summed E-state index contributed by atoms with van der Waals surface area (Å²) in [5.74, 6) is 0. The lowest BCUT2D eigenvalue weighted by Gasteiger charge is -2.11. The van der Waals surface area contributed by atoms with Crippen LogP contribution in [0.25, 0.3) is 65.9 Å². The van der Waals surface area contributed by atoms with Gasteiger partial charge in [0.15, 0.2) is 0 Å². The van der Waals surface area contributed by atoms with Crippen molar-refractivity contribution in [2.75, 3.05) is 0 Å². The van der Waals surface area contributed by atoms with Crippen LogP contribution >= 0.6 is 0 Å². The molecule has 0 aliphatic carbocycles. The maximum atomic E-state index is 5.02. The highest BCUT2D eigenvalue weighted by Gasteiger charge is 2.11. The third kappa shape index (κ3) is 3.02. The van der Waals surface area contributed by atoms with Crippen molar-refractivity contribution in [3.05, 3.63) is 116 Å². The van der Waals surface area contributed by atoms with Crippen LogP contribution in [0, 0.1) is 0 Å². The summed E-state index contributed by atoms with van der Waals surface area (Å²) in [5, 5.41) is 5.78. The van der Waals surface area contributed by atoms with Crippen molar-refractivity contribution in [1.82, 2.24) is 15.0 Å². The lowest BCUT2D eigenvalue weighted by atomic mass is 9.95. The van der Waals surface area contributed by atoms with Crippen LogP contribution in [0.2, 0.25) is 0 Å². The summed E-state index contributed by atoms with van der Waals surface area (Å²) < 4.78 is 0. The topological polar surface area (TPSA) is 38.7 Å². The summed E-state index contributed by atoms with van der Waals surface area (Å²) >= 11 is 0. The van der Waals surface area contributed by atoms with E-state index in [1.54, 1.807) is 0 Å². The molecule has 0 fully saturated rings. The van der Waals surface area contributed by atoms with E-state index in [1.807, 2.05) is 24.5 Å². The van der Waals surface area contributed by atoms with Crippen molar-refractivity contribution < 1.29 is 0 Å². The molecule has 0 bridgehead atoms. The predicted octanol–water partition coefficient (Wildman–Crippen LogP) is 7.82. The SMILES string of the molecule is c1cc(-c2ccc3cc4ccccc4cc3n2)cc(-c2cc3cccnc3c3ncccc23)c1. The smallest absolute Gasteiger partial charge is 0.0970 e. The van der Waals surface area contributed by atoms with Crippen molar-refractivity contribution >= 4 is 43.5 Å². The number of rotatable bonds is 2. The molecular weight excluding hydrogens is 414 g/mol. The van der Waals surface area contributed by atoms with E-state index in [0.29, 0.717) is 0 Å². The van der Waals surface area contributed by atoms with E-state index in [2.05, 4.69) is 101 Å². The molecular formula is C31H19N3. The van der Waals surface area contributed by atoms with Crippen molar-refractivity contribution in [1.29, 1.82) is 0 Å². The molecule has 0 N–H and O–H groups in total. The lowest BCUT2D eigenvalue weighted by Crippen LogP contribution is -1.90. The summed E-state index contributed by atoms with van der Waals surface area (Å²) in [7, 11) is 0. The summed E-state index contributed by atoms with van der Waals surface area (Å²) in [6.07, 6.45) is 3.66. The monoisotopic (exact) mass is 433 g/mol. The number of hydrogen-bond acceptors (Lipinski definition) is 3. The molecule has 7 rings (SSSR count). The molecule has 0 aliphatic heterocycles. The van der Waals surface area contributed by atoms with Crippen LogP contribution < -0.4 is 0 Å². The van der Waals surface area contributed by atoms with E-state index in [-0.39, 0.29) is 0 Å². The van der Waals surface area contributed by atoms with Gasteiger partial charge < -0.3 is 0 Å². The number of benzene rings is 4. The maximum absolute atomic E-state index is 5.02. The van der Waals surface area contributed by atoms with Gasteiger partial charge in [-0.3, -0.25) is 9.97 Å². The fourth-order valence-electron chi connectivity index (χ4n) is 4.83. The molecule has 0 saturated heterocycles. The third-order valence-electron chi connectivity index (χ3n) is 6.49. The molecule has 3 nitrogen and oxygen atoms in total. The highest BCUT2D eigenvalue weighted by atomic mass is 14.7. The molecule has 34 heavy (non-hydrogen) atoms. The molecule has 7 aromatic rings. The molecule has 0 radical (unpaired) electrons. The molecule has 4 aromatic carbocycles. The Morgan fingerprint density at radius 1 is 0.471 bits per heavy atom. The highest BCUT2D eigenvalue weighted by Crippen LogP contribution is 2.35. The van der Waals surface area contributed by atoms with Crippen LogP contribution in [0.4, 0.5) is 0 Å². The number of nitrogens with zero attached hydrogens (tertiary/aromatic N) is 3. The number of pyridine rings is 3. The minimum Gasteiger partial charge on any atom is -0.254 e. The zero-order valence-corrected chi connectivity index (χ0v) is 18.3. The first-order chi connectivity index (χ1) is 16.8. The van der Waals surface area contributed by atoms with E-state index < -0.39 is 0 Å². The number of fused-ring (bicyclic) bond motifs is 5. The fourth-order valence-corrected chi connectivity index (χ4v) is 4.83. The third-order valence-corrected chi connectivity index (χ3v) is 6.49. The largest absolute Gasteiger partial charge is 0.254 e. The first kappa shape index (κ1) is 18.9. The zero-order chi connectivity index (χ0) is 22.5. The summed E-state index contributed by atoms with van der Waals surface area (Å²) in [4.78, 5) is 14.3. The first-order valence-electron chi connectivity index (χ1n) is 11.4. The lowest BCUT2D eigenvalue weighted by molar-refractivity contribution is 1.37. The van der Waals surface area contributed by atoms with Gasteiger partial charge in [-0.25, -0.2) is 4.98 Å². The van der Waals surface area contributed by atoms with Crippen molar-refractivity contribution in [3.8, 4) is 22.4 Å². The minimum atomic E-state index is 0.928. The number of hydrogen-bond donors (Lipinski definition) is 0. The van der Waals surface area contributed by atoms with Gasteiger partial charge in [0.1, 0.15) is 0 Å². The van der Waals surface area contributed by atoms with Crippen LogP contribution in [-0.2, 0) is 0 Å². The van der Waals surface area contributed by atoms with Gasteiger partial charge in [-0.2, -0.15) is 0 Å². The fraction of sp³-hybridized carbons (Fsp3) is 0. The van der Waals surface area contributed by atoms with Gasteiger partial charge >= 0.3 is 0 Å². The Morgan fingerprint density at radius 3 is 2.15 bits per heavy atom. The Morgan fingerprint density at radius 2 is 1.24 bits per heavy atom. The number of aromatic nitrogens is 3. The molecule has 158 valence electrons. The first-order valence-corrected chi connectivity index (χ1v) is 11.4. The van der Waals surface area contributed by atoms with Gasteiger partial charge in [-0.1, -0.05) is 60.7 Å². The van der Waals surface area contributed by atoms with E-state index in [0.717, 1.165) is 55.1 Å². The Balaban J connectivity index is 1.41. The van der Waals surface area contributed by atoms with Gasteiger partial charge in [0, 0.05) is 34.1 Å².